The lowest BCUT2D eigenvalue weighted by Crippen LogP contribution is -2.52. The number of hydrogen-bond acceptors (Lipinski definition) is 0. The smallest absolute Gasteiger partial charge is 0.0544 e. The SMILES string of the molecule is C=C(/C(C)=C\C=C/C)C(/C(C)=C\C)=C(/CC)C12c3cccc4c3c3c(cccc3n4-c3ccccc3)C1(C)C1CCCC3C(c4ccccc4)C=CC2C31. The van der Waals surface area contributed by atoms with Crippen LogP contribution in [0.3, 0.4) is 0 Å². The van der Waals surface area contributed by atoms with E-state index in [-0.39, 0.29) is 10.8 Å². The number of nitrogens with zero attached hydrogens (tertiary/aromatic N) is 1. The van der Waals surface area contributed by atoms with Gasteiger partial charge in [-0.05, 0) is 134 Å². The molecule has 0 amide bonds. The first-order valence-electron chi connectivity index (χ1n) is 20.6. The van der Waals surface area contributed by atoms with Crippen molar-refractivity contribution >= 4 is 21.8 Å². The predicted molar refractivity (Wildman–Crippen MR) is 230 cm³/mol. The van der Waals surface area contributed by atoms with Gasteiger partial charge in [-0.1, -0.05) is 142 Å². The number of benzene rings is 4. The molecule has 0 bridgehead atoms. The van der Waals surface area contributed by atoms with Crippen molar-refractivity contribution in [2.45, 2.75) is 84.0 Å². The van der Waals surface area contributed by atoms with Crippen molar-refractivity contribution in [1.82, 2.24) is 4.57 Å². The van der Waals surface area contributed by atoms with E-state index in [1.165, 1.54) is 74.6 Å². The molecule has 1 nitrogen and oxygen atoms in total. The molecule has 4 aliphatic rings. The second-order valence-corrected chi connectivity index (χ2v) is 16.7. The summed E-state index contributed by atoms with van der Waals surface area (Å²) >= 11 is 0. The van der Waals surface area contributed by atoms with Gasteiger partial charge in [-0.25, -0.2) is 0 Å². The minimum Gasteiger partial charge on any atom is -0.309 e. The molecule has 1 heteroatoms. The van der Waals surface area contributed by atoms with Crippen LogP contribution in [0.5, 0.6) is 0 Å². The fraction of sp³-hybridized carbons (Fsp3) is 0.321. The molecule has 0 radical (unpaired) electrons. The van der Waals surface area contributed by atoms with Gasteiger partial charge in [0.2, 0.25) is 0 Å². The van der Waals surface area contributed by atoms with E-state index in [0.29, 0.717) is 29.6 Å². The molecule has 4 aromatic carbocycles. The summed E-state index contributed by atoms with van der Waals surface area (Å²) in [5.41, 5.74) is 14.7. The summed E-state index contributed by atoms with van der Waals surface area (Å²) in [5, 5.41) is 2.92. The largest absolute Gasteiger partial charge is 0.309 e. The summed E-state index contributed by atoms with van der Waals surface area (Å²) in [4.78, 5) is 0. The molecular weight excluding hydrogens is 651 g/mol. The number of hydrogen-bond donors (Lipinski definition) is 0. The molecule has 7 atom stereocenters. The highest BCUT2D eigenvalue weighted by atomic mass is 15.0. The van der Waals surface area contributed by atoms with Crippen LogP contribution in [0.1, 0.15) is 89.8 Å². The molecule has 2 fully saturated rings. The van der Waals surface area contributed by atoms with Crippen LogP contribution in [0.15, 0.2) is 168 Å². The number of para-hydroxylation sites is 1. The lowest BCUT2D eigenvalue weighted by atomic mass is 9.47. The Morgan fingerprint density at radius 1 is 0.796 bits per heavy atom. The van der Waals surface area contributed by atoms with Crippen LogP contribution in [0.25, 0.3) is 27.5 Å². The highest BCUT2D eigenvalue weighted by molar-refractivity contribution is 6.15. The van der Waals surface area contributed by atoms with Crippen molar-refractivity contribution in [3.8, 4) is 5.69 Å². The van der Waals surface area contributed by atoms with Crippen molar-refractivity contribution in [3.63, 3.8) is 0 Å². The zero-order valence-electron chi connectivity index (χ0n) is 33.1. The van der Waals surface area contributed by atoms with E-state index in [9.17, 15) is 0 Å². The Morgan fingerprint density at radius 3 is 2.13 bits per heavy atom. The van der Waals surface area contributed by atoms with Gasteiger partial charge in [0.25, 0.3) is 0 Å². The van der Waals surface area contributed by atoms with Gasteiger partial charge in [-0.3, -0.25) is 0 Å². The maximum Gasteiger partial charge on any atom is 0.0544 e. The number of aromatic nitrogens is 1. The van der Waals surface area contributed by atoms with E-state index in [2.05, 4.69) is 180 Å². The summed E-state index contributed by atoms with van der Waals surface area (Å²) in [6, 6.07) is 37.1. The standard InChI is InChI=1S/C53H55N/c1-8-11-21-35(5)36(6)48(34(4)9-2)41(10-3)53-44-29-20-31-47-51(44)50-43(28-19-30-46(50)54(47)38-24-16-13-17-25-38)52(53,7)42-27-18-26-40-39(32-33-45(53)49(40)42)37-22-14-12-15-23-37/h8-9,11-17,19-25,28-33,39-40,42,45,49H,6,10,18,26-27H2,1-5,7H3/b11-8-,34-9-,35-21-,48-41-. The molecule has 0 saturated heterocycles. The molecule has 272 valence electrons. The van der Waals surface area contributed by atoms with Gasteiger partial charge in [-0.15, -0.1) is 0 Å². The van der Waals surface area contributed by atoms with E-state index in [1.54, 1.807) is 11.1 Å². The monoisotopic (exact) mass is 705 g/mol. The van der Waals surface area contributed by atoms with Crippen molar-refractivity contribution in [3.05, 3.63) is 185 Å². The first-order valence-corrected chi connectivity index (χ1v) is 20.6. The molecule has 4 aliphatic carbocycles. The Morgan fingerprint density at radius 2 is 1.46 bits per heavy atom. The van der Waals surface area contributed by atoms with Crippen molar-refractivity contribution in [1.29, 1.82) is 0 Å². The molecule has 5 aromatic rings. The molecule has 0 spiro atoms. The van der Waals surface area contributed by atoms with Crippen molar-refractivity contribution < 1.29 is 0 Å². The van der Waals surface area contributed by atoms with E-state index in [1.807, 2.05) is 0 Å². The zero-order valence-corrected chi connectivity index (χ0v) is 33.1. The average Bonchev–Trinajstić information content (AvgIpc) is 3.68. The third-order valence-corrected chi connectivity index (χ3v) is 14.7. The van der Waals surface area contributed by atoms with Crippen LogP contribution in [0, 0.1) is 23.7 Å². The molecule has 0 aliphatic heterocycles. The van der Waals surface area contributed by atoms with Gasteiger partial charge in [0.15, 0.2) is 0 Å². The van der Waals surface area contributed by atoms with E-state index < -0.39 is 0 Å². The fourth-order valence-corrected chi connectivity index (χ4v) is 12.7. The highest BCUT2D eigenvalue weighted by Gasteiger charge is 2.72. The molecular formula is C53H55N. The molecule has 1 aromatic heterocycles. The molecule has 1 heterocycles. The average molecular weight is 706 g/mol. The fourth-order valence-electron chi connectivity index (χ4n) is 12.7. The van der Waals surface area contributed by atoms with Gasteiger partial charge in [0.1, 0.15) is 0 Å². The van der Waals surface area contributed by atoms with Crippen LogP contribution in [-0.4, -0.2) is 4.57 Å². The molecule has 54 heavy (non-hydrogen) atoms. The second kappa shape index (κ2) is 13.2. The van der Waals surface area contributed by atoms with Crippen LogP contribution >= 0.6 is 0 Å². The summed E-state index contributed by atoms with van der Waals surface area (Å²) in [6.07, 6.45) is 19.1. The molecule has 2 saturated carbocycles. The Balaban J connectivity index is 1.46. The summed E-state index contributed by atoms with van der Waals surface area (Å²) in [6.45, 7) is 19.0. The van der Waals surface area contributed by atoms with Crippen molar-refractivity contribution in [2.75, 3.05) is 0 Å². The lowest BCUT2D eigenvalue weighted by molar-refractivity contribution is 0.112. The predicted octanol–water partition coefficient (Wildman–Crippen LogP) is 14.1. The van der Waals surface area contributed by atoms with E-state index >= 15 is 0 Å². The van der Waals surface area contributed by atoms with E-state index in [4.69, 9.17) is 6.58 Å². The van der Waals surface area contributed by atoms with Gasteiger partial charge < -0.3 is 4.57 Å². The lowest BCUT2D eigenvalue weighted by Gasteiger charge is -2.54. The Bertz CT molecular complexity index is 2440. The number of rotatable bonds is 8. The van der Waals surface area contributed by atoms with Gasteiger partial charge in [-0.2, -0.15) is 0 Å². The van der Waals surface area contributed by atoms with Crippen LogP contribution < -0.4 is 0 Å². The number of fused-ring (bicyclic) bond motifs is 5. The number of allylic oxidation sites excluding steroid dienone is 11. The third kappa shape index (κ3) is 4.51. The molecule has 0 N–H and O–H groups in total. The summed E-state index contributed by atoms with van der Waals surface area (Å²) in [7, 11) is 0. The summed E-state index contributed by atoms with van der Waals surface area (Å²) < 4.78 is 2.55. The van der Waals surface area contributed by atoms with E-state index in [0.717, 1.165) is 12.0 Å². The minimum atomic E-state index is -0.273. The van der Waals surface area contributed by atoms with Gasteiger partial charge in [0.05, 0.1) is 11.0 Å². The summed E-state index contributed by atoms with van der Waals surface area (Å²) in [5.74, 6) is 2.51. The topological polar surface area (TPSA) is 4.93 Å². The minimum absolute atomic E-state index is 0.146. The first-order chi connectivity index (χ1) is 26.3. The Kier molecular flexibility index (Phi) is 8.49. The Labute approximate surface area is 323 Å². The van der Waals surface area contributed by atoms with Crippen LogP contribution in [0.4, 0.5) is 0 Å². The van der Waals surface area contributed by atoms with Crippen LogP contribution in [0.2, 0.25) is 0 Å². The molecule has 7 unspecified atom stereocenters. The third-order valence-electron chi connectivity index (χ3n) is 14.7. The van der Waals surface area contributed by atoms with Crippen molar-refractivity contribution in [2.24, 2.45) is 23.7 Å². The maximum atomic E-state index is 4.95. The first kappa shape index (κ1) is 34.9. The highest BCUT2D eigenvalue weighted by Crippen LogP contribution is 2.76. The zero-order chi connectivity index (χ0) is 37.4. The van der Waals surface area contributed by atoms with Gasteiger partial charge >= 0.3 is 0 Å². The molecule has 9 rings (SSSR count). The Hall–Kier alpha value is -4.88. The second-order valence-electron chi connectivity index (χ2n) is 16.7. The maximum absolute atomic E-state index is 4.95. The van der Waals surface area contributed by atoms with Crippen LogP contribution in [-0.2, 0) is 10.8 Å². The van der Waals surface area contributed by atoms with Gasteiger partial charge in [0, 0.05) is 33.2 Å². The quantitative estimate of drug-likeness (QED) is 0.112. The normalized spacial score (nSPS) is 29.2.